The Labute approximate surface area is 136 Å². The van der Waals surface area contributed by atoms with Crippen LogP contribution in [-0.4, -0.2) is 35.1 Å². The van der Waals surface area contributed by atoms with E-state index in [-0.39, 0.29) is 11.4 Å². The van der Waals surface area contributed by atoms with Crippen LogP contribution in [0.1, 0.15) is 44.9 Å². The maximum Gasteiger partial charge on any atom is 0.320 e. The fourth-order valence-electron chi connectivity index (χ4n) is 5.07. The molecule has 2 amide bonds. The first-order chi connectivity index (χ1) is 11.1. The van der Waals surface area contributed by atoms with Crippen LogP contribution < -0.4 is 5.32 Å². The molecule has 0 aromatic heterocycles. The van der Waals surface area contributed by atoms with Crippen LogP contribution in [0.5, 0.6) is 0 Å². The van der Waals surface area contributed by atoms with Gasteiger partial charge >= 0.3 is 6.03 Å². The third-order valence-electron chi connectivity index (χ3n) is 6.33. The van der Waals surface area contributed by atoms with Gasteiger partial charge in [-0.3, -0.25) is 4.90 Å². The van der Waals surface area contributed by atoms with Gasteiger partial charge in [0, 0.05) is 25.9 Å². The third kappa shape index (κ3) is 1.60. The molecule has 1 aliphatic carbocycles. The number of nitrogens with one attached hydrogen (secondary N) is 1. The summed E-state index contributed by atoms with van der Waals surface area (Å²) >= 11 is 0. The molecule has 0 aromatic rings. The zero-order valence-corrected chi connectivity index (χ0v) is 13.6. The van der Waals surface area contributed by atoms with Crippen LogP contribution in [0.25, 0.3) is 0 Å². The Bertz CT molecular complexity index is 680. The number of nitrogens with zero attached hydrogens (tertiary/aromatic N) is 2. The molecular weight excluding hydrogens is 290 g/mol. The molecule has 2 unspecified atom stereocenters. The van der Waals surface area contributed by atoms with Gasteiger partial charge in [0.1, 0.15) is 5.76 Å². The molecule has 1 N–H and O–H groups in total. The number of likely N-dealkylation sites (N-methyl/N-ethyl adjacent to an activating group) is 1. The third-order valence-corrected chi connectivity index (χ3v) is 6.33. The zero-order chi connectivity index (χ0) is 15.7. The minimum Gasteiger partial charge on any atom is -0.467 e. The molecule has 5 nitrogen and oxygen atoms in total. The van der Waals surface area contributed by atoms with Crippen molar-refractivity contribution in [3.63, 3.8) is 0 Å². The van der Waals surface area contributed by atoms with Crippen molar-refractivity contribution in [3.05, 3.63) is 35.5 Å². The maximum atomic E-state index is 12.1. The Morgan fingerprint density at radius 3 is 3.04 bits per heavy atom. The number of amides is 2. The second kappa shape index (κ2) is 4.34. The highest BCUT2D eigenvalue weighted by molar-refractivity contribution is 5.77. The Morgan fingerprint density at radius 1 is 1.30 bits per heavy atom. The second-order valence-electron chi connectivity index (χ2n) is 7.49. The summed E-state index contributed by atoms with van der Waals surface area (Å²) < 4.78 is 6.63. The number of carbonyl (C=O) groups excluding carboxylic acids is 1. The Morgan fingerprint density at radius 2 is 2.22 bits per heavy atom. The summed E-state index contributed by atoms with van der Waals surface area (Å²) in [4.78, 5) is 16.1. The highest BCUT2D eigenvalue weighted by Crippen LogP contribution is 2.62. The van der Waals surface area contributed by atoms with E-state index in [1.165, 1.54) is 24.1 Å². The summed E-state index contributed by atoms with van der Waals surface area (Å²) in [6.45, 7) is 0.587. The van der Waals surface area contributed by atoms with Crippen LogP contribution in [0.4, 0.5) is 4.79 Å². The molecule has 23 heavy (non-hydrogen) atoms. The summed E-state index contributed by atoms with van der Waals surface area (Å²) in [6, 6.07) is -0.0209. The van der Waals surface area contributed by atoms with Gasteiger partial charge in [-0.2, -0.15) is 0 Å². The minimum atomic E-state index is -0.507. The van der Waals surface area contributed by atoms with Gasteiger partial charge in [0.05, 0.1) is 17.7 Å². The number of hydrogen-bond acceptors (Lipinski definition) is 3. The van der Waals surface area contributed by atoms with Gasteiger partial charge in [0.25, 0.3) is 0 Å². The van der Waals surface area contributed by atoms with E-state index in [0.717, 1.165) is 37.9 Å². The molecule has 5 aliphatic rings. The Hall–Kier alpha value is -1.91. The van der Waals surface area contributed by atoms with Crippen LogP contribution in [0, 0.1) is 5.41 Å². The largest absolute Gasteiger partial charge is 0.467 e. The molecule has 5 rings (SSSR count). The zero-order valence-electron chi connectivity index (χ0n) is 13.6. The molecule has 2 spiro atoms. The maximum absolute atomic E-state index is 12.1. The molecule has 2 atom stereocenters. The predicted molar refractivity (Wildman–Crippen MR) is 85.8 cm³/mol. The van der Waals surface area contributed by atoms with E-state index in [2.05, 4.69) is 28.7 Å². The van der Waals surface area contributed by atoms with Crippen molar-refractivity contribution in [3.8, 4) is 0 Å². The lowest BCUT2D eigenvalue weighted by atomic mass is 9.65. The molecule has 5 heteroatoms. The summed E-state index contributed by atoms with van der Waals surface area (Å²) in [5.41, 5.74) is 2.32. The van der Waals surface area contributed by atoms with Gasteiger partial charge in [-0.05, 0) is 37.7 Å². The van der Waals surface area contributed by atoms with Crippen molar-refractivity contribution in [1.29, 1.82) is 0 Å². The lowest BCUT2D eigenvalue weighted by Crippen LogP contribution is -2.45. The number of hydrogen-bond donors (Lipinski definition) is 1. The number of ether oxygens (including phenoxy) is 1. The standard InChI is InChI=1S/C18H23N3O2/c1-20-16(22)19-12-18(20)11-17-8-4-2-6-13(17)10-21-9-5-3-7-14(21)15(17)23-18/h5,9-10H,2-4,6-8,11-12H2,1H3,(H,19,22). The van der Waals surface area contributed by atoms with Gasteiger partial charge in [0.15, 0.2) is 0 Å². The van der Waals surface area contributed by atoms with Crippen LogP contribution in [0.3, 0.4) is 0 Å². The number of urea groups is 1. The molecule has 1 saturated carbocycles. The molecule has 0 bridgehead atoms. The molecule has 4 heterocycles. The Balaban J connectivity index is 1.67. The second-order valence-corrected chi connectivity index (χ2v) is 7.49. The molecule has 3 fully saturated rings. The molecule has 2 saturated heterocycles. The highest BCUT2D eigenvalue weighted by Gasteiger charge is 2.62. The average molecular weight is 313 g/mol. The van der Waals surface area contributed by atoms with E-state index >= 15 is 0 Å². The van der Waals surface area contributed by atoms with Gasteiger partial charge in [-0.1, -0.05) is 12.5 Å². The molecule has 122 valence electrons. The molecule has 4 aliphatic heterocycles. The fourth-order valence-corrected chi connectivity index (χ4v) is 5.07. The molecule has 0 radical (unpaired) electrons. The van der Waals surface area contributed by atoms with Gasteiger partial charge < -0.3 is 15.0 Å². The average Bonchev–Trinajstić information content (AvgIpc) is 3.05. The first kappa shape index (κ1) is 13.5. The fraction of sp³-hybridized carbons (Fsp3) is 0.611. The van der Waals surface area contributed by atoms with Gasteiger partial charge in [0.2, 0.25) is 5.72 Å². The summed E-state index contributed by atoms with van der Waals surface area (Å²) in [7, 11) is 1.87. The minimum absolute atomic E-state index is 0.0209. The SMILES string of the molecule is CN1C(=O)NCC12CC13CCCCC1=CN1C=CCCC1=C3O2. The normalized spacial score (nSPS) is 38.1. The van der Waals surface area contributed by atoms with E-state index in [9.17, 15) is 4.79 Å². The Kier molecular flexibility index (Phi) is 2.55. The van der Waals surface area contributed by atoms with Crippen molar-refractivity contribution in [2.75, 3.05) is 13.6 Å². The smallest absolute Gasteiger partial charge is 0.320 e. The van der Waals surface area contributed by atoms with Crippen molar-refractivity contribution < 1.29 is 9.53 Å². The topological polar surface area (TPSA) is 44.8 Å². The number of rotatable bonds is 0. The summed E-state index contributed by atoms with van der Waals surface area (Å²) in [5.74, 6) is 1.16. The number of carbonyl (C=O) groups is 1. The molecule has 0 aromatic carbocycles. The summed E-state index contributed by atoms with van der Waals surface area (Å²) in [6.07, 6.45) is 14.5. The lowest BCUT2D eigenvalue weighted by Gasteiger charge is -2.42. The van der Waals surface area contributed by atoms with Crippen molar-refractivity contribution in [1.82, 2.24) is 15.1 Å². The van der Waals surface area contributed by atoms with Crippen LogP contribution in [0.2, 0.25) is 0 Å². The monoisotopic (exact) mass is 313 g/mol. The van der Waals surface area contributed by atoms with Gasteiger partial charge in [-0.25, -0.2) is 4.79 Å². The summed E-state index contributed by atoms with van der Waals surface area (Å²) in [5, 5.41) is 2.97. The van der Waals surface area contributed by atoms with Crippen LogP contribution >= 0.6 is 0 Å². The number of fused-ring (bicyclic) bond motifs is 1. The quantitative estimate of drug-likeness (QED) is 0.747. The lowest BCUT2D eigenvalue weighted by molar-refractivity contribution is -0.0386. The van der Waals surface area contributed by atoms with Crippen molar-refractivity contribution in [2.24, 2.45) is 5.41 Å². The van der Waals surface area contributed by atoms with Crippen molar-refractivity contribution >= 4 is 6.03 Å². The van der Waals surface area contributed by atoms with E-state index in [1.807, 2.05) is 7.05 Å². The number of allylic oxidation sites excluding steroid dienone is 3. The van der Waals surface area contributed by atoms with E-state index in [0.29, 0.717) is 6.54 Å². The predicted octanol–water partition coefficient (Wildman–Crippen LogP) is 3.04. The van der Waals surface area contributed by atoms with E-state index < -0.39 is 5.72 Å². The van der Waals surface area contributed by atoms with Crippen molar-refractivity contribution in [2.45, 2.75) is 50.7 Å². The van der Waals surface area contributed by atoms with Crippen LogP contribution in [0.15, 0.2) is 35.5 Å². The van der Waals surface area contributed by atoms with Gasteiger partial charge in [-0.15, -0.1) is 0 Å². The first-order valence-electron chi connectivity index (χ1n) is 8.75. The van der Waals surface area contributed by atoms with E-state index in [4.69, 9.17) is 4.74 Å². The molecular formula is C18H23N3O2. The highest BCUT2D eigenvalue weighted by atomic mass is 16.5. The van der Waals surface area contributed by atoms with E-state index in [1.54, 1.807) is 4.90 Å². The van der Waals surface area contributed by atoms with Crippen LogP contribution in [-0.2, 0) is 4.74 Å². The first-order valence-corrected chi connectivity index (χ1v) is 8.75.